The molecule has 11 heteroatoms. The molecule has 0 atom stereocenters. The molecule has 2 heterocycles. The lowest BCUT2D eigenvalue weighted by Gasteiger charge is -2.31. The standard InChI is InChI=1S/C17H25F3N4O3S/c1-2-11-28(26,27)24-9-5-14(6-10-24)23-16(25)22-8-4-15-12-13(3-7-21-15)17(18,19)20/h3,7,12,14H,2,4-6,8-11H2,1H3,(H2,22,23,25). The summed E-state index contributed by atoms with van der Waals surface area (Å²) in [5.74, 6) is 0.120. The van der Waals surface area contributed by atoms with Crippen LogP contribution in [0.3, 0.4) is 0 Å². The van der Waals surface area contributed by atoms with Gasteiger partial charge in [-0.05, 0) is 31.4 Å². The van der Waals surface area contributed by atoms with E-state index in [0.29, 0.717) is 32.4 Å². The van der Waals surface area contributed by atoms with E-state index in [4.69, 9.17) is 0 Å². The Hall–Kier alpha value is -1.88. The minimum Gasteiger partial charge on any atom is -0.338 e. The lowest BCUT2D eigenvalue weighted by atomic mass is 10.1. The highest BCUT2D eigenvalue weighted by Crippen LogP contribution is 2.29. The van der Waals surface area contributed by atoms with Gasteiger partial charge in [0.15, 0.2) is 0 Å². The number of carbonyl (C=O) groups excluding carboxylic acids is 1. The molecule has 2 N–H and O–H groups in total. The Morgan fingerprint density at radius 2 is 2.00 bits per heavy atom. The van der Waals surface area contributed by atoms with E-state index in [0.717, 1.165) is 18.3 Å². The molecule has 7 nitrogen and oxygen atoms in total. The van der Waals surface area contributed by atoms with Crippen LogP contribution < -0.4 is 10.6 Å². The number of alkyl halides is 3. The number of nitrogens with one attached hydrogen (secondary N) is 2. The zero-order valence-corrected chi connectivity index (χ0v) is 16.4. The Bertz CT molecular complexity index is 763. The van der Waals surface area contributed by atoms with Gasteiger partial charge in [0.05, 0.1) is 11.3 Å². The summed E-state index contributed by atoms with van der Waals surface area (Å²) >= 11 is 0. The summed E-state index contributed by atoms with van der Waals surface area (Å²) in [5, 5.41) is 5.37. The molecule has 2 amide bonds. The number of pyridine rings is 1. The molecule has 1 fully saturated rings. The Kier molecular flexibility index (Phi) is 7.64. The summed E-state index contributed by atoms with van der Waals surface area (Å²) in [6.07, 6.45) is -1.56. The first-order chi connectivity index (χ1) is 13.1. The van der Waals surface area contributed by atoms with E-state index in [1.807, 2.05) is 6.92 Å². The SMILES string of the molecule is CCCS(=O)(=O)N1CCC(NC(=O)NCCc2cc(C(F)(F)F)ccn2)CC1. The predicted octanol–water partition coefficient (Wildman–Crippen LogP) is 2.15. The molecule has 0 unspecified atom stereocenters. The van der Waals surface area contributed by atoms with E-state index < -0.39 is 27.8 Å². The zero-order valence-electron chi connectivity index (χ0n) is 15.6. The first-order valence-electron chi connectivity index (χ1n) is 9.16. The number of aromatic nitrogens is 1. The topological polar surface area (TPSA) is 91.4 Å². The number of rotatable bonds is 7. The van der Waals surface area contributed by atoms with Crippen molar-refractivity contribution in [2.24, 2.45) is 0 Å². The molecule has 0 bridgehead atoms. The number of amides is 2. The van der Waals surface area contributed by atoms with Crippen LogP contribution in [0.5, 0.6) is 0 Å². The number of halogens is 3. The van der Waals surface area contributed by atoms with Crippen LogP contribution in [0.4, 0.5) is 18.0 Å². The number of urea groups is 1. The van der Waals surface area contributed by atoms with Gasteiger partial charge >= 0.3 is 12.2 Å². The molecule has 1 saturated heterocycles. The second-order valence-corrected chi connectivity index (χ2v) is 8.76. The summed E-state index contributed by atoms with van der Waals surface area (Å²) in [7, 11) is -3.23. The number of nitrogens with zero attached hydrogens (tertiary/aromatic N) is 2. The largest absolute Gasteiger partial charge is 0.416 e. The van der Waals surface area contributed by atoms with Gasteiger partial charge in [0.2, 0.25) is 10.0 Å². The van der Waals surface area contributed by atoms with Crippen LogP contribution in [-0.4, -0.2) is 55.2 Å². The average molecular weight is 422 g/mol. The average Bonchev–Trinajstić information content (AvgIpc) is 2.62. The van der Waals surface area contributed by atoms with E-state index in [1.165, 1.54) is 4.31 Å². The highest BCUT2D eigenvalue weighted by atomic mass is 32.2. The van der Waals surface area contributed by atoms with Crippen molar-refractivity contribution in [2.75, 3.05) is 25.4 Å². The van der Waals surface area contributed by atoms with E-state index in [2.05, 4.69) is 15.6 Å². The van der Waals surface area contributed by atoms with Crippen molar-refractivity contribution in [1.29, 1.82) is 0 Å². The highest BCUT2D eigenvalue weighted by molar-refractivity contribution is 7.89. The Morgan fingerprint density at radius 1 is 1.32 bits per heavy atom. The molecule has 1 aromatic rings. The number of carbonyl (C=O) groups is 1. The quantitative estimate of drug-likeness (QED) is 0.704. The maximum atomic E-state index is 12.7. The van der Waals surface area contributed by atoms with Gasteiger partial charge in [-0.15, -0.1) is 0 Å². The fourth-order valence-corrected chi connectivity index (χ4v) is 4.54. The van der Waals surface area contributed by atoms with Crippen molar-refractivity contribution in [2.45, 2.75) is 44.8 Å². The fourth-order valence-electron chi connectivity index (χ4n) is 3.00. The lowest BCUT2D eigenvalue weighted by molar-refractivity contribution is -0.137. The maximum Gasteiger partial charge on any atom is 0.416 e. The van der Waals surface area contributed by atoms with E-state index >= 15 is 0 Å². The monoisotopic (exact) mass is 422 g/mol. The molecule has 1 aliphatic heterocycles. The molecule has 1 aromatic heterocycles. The minimum absolute atomic E-state index is 0.120. The summed E-state index contributed by atoms with van der Waals surface area (Å²) < 4.78 is 63.5. The third-order valence-electron chi connectivity index (χ3n) is 4.46. The third kappa shape index (κ3) is 6.62. The van der Waals surface area contributed by atoms with Gasteiger partial charge in [-0.1, -0.05) is 6.92 Å². The van der Waals surface area contributed by atoms with Crippen molar-refractivity contribution in [3.63, 3.8) is 0 Å². The molecular formula is C17H25F3N4O3S. The Balaban J connectivity index is 1.73. The molecule has 2 rings (SSSR count). The van der Waals surface area contributed by atoms with Gasteiger partial charge < -0.3 is 10.6 Å². The zero-order chi connectivity index (χ0) is 20.8. The maximum absolute atomic E-state index is 12.7. The summed E-state index contributed by atoms with van der Waals surface area (Å²) in [4.78, 5) is 15.8. The predicted molar refractivity (Wildman–Crippen MR) is 98.2 cm³/mol. The molecule has 0 saturated carbocycles. The van der Waals surface area contributed by atoms with Crippen LogP contribution in [0.2, 0.25) is 0 Å². The second-order valence-electron chi connectivity index (χ2n) is 6.67. The Labute approximate surface area is 162 Å². The fraction of sp³-hybridized carbons (Fsp3) is 0.647. The molecule has 0 spiro atoms. The van der Waals surface area contributed by atoms with Gasteiger partial charge in [0, 0.05) is 44.0 Å². The van der Waals surface area contributed by atoms with E-state index in [-0.39, 0.29) is 30.5 Å². The van der Waals surface area contributed by atoms with Crippen molar-refractivity contribution < 1.29 is 26.4 Å². The van der Waals surface area contributed by atoms with Crippen molar-refractivity contribution >= 4 is 16.1 Å². The first kappa shape index (κ1) is 22.4. The molecule has 158 valence electrons. The highest BCUT2D eigenvalue weighted by Gasteiger charge is 2.30. The molecule has 0 aromatic carbocycles. The van der Waals surface area contributed by atoms with Crippen LogP contribution >= 0.6 is 0 Å². The smallest absolute Gasteiger partial charge is 0.338 e. The first-order valence-corrected chi connectivity index (χ1v) is 10.8. The minimum atomic E-state index is -4.43. The lowest BCUT2D eigenvalue weighted by Crippen LogP contribution is -2.49. The van der Waals surface area contributed by atoms with Crippen LogP contribution in [0.1, 0.15) is 37.4 Å². The molecule has 0 radical (unpaired) electrons. The summed E-state index contributed by atoms with van der Waals surface area (Å²) in [6, 6.07) is 1.30. The van der Waals surface area contributed by atoms with Gasteiger partial charge in [-0.25, -0.2) is 17.5 Å². The normalized spacial score (nSPS) is 16.7. The van der Waals surface area contributed by atoms with Crippen molar-refractivity contribution in [3.8, 4) is 0 Å². The number of piperidine rings is 1. The molecule has 0 aliphatic carbocycles. The van der Waals surface area contributed by atoms with Crippen LogP contribution in [0, 0.1) is 0 Å². The van der Waals surface area contributed by atoms with Crippen LogP contribution in [-0.2, 0) is 22.6 Å². The van der Waals surface area contributed by atoms with Crippen LogP contribution in [0.15, 0.2) is 18.3 Å². The van der Waals surface area contributed by atoms with Gasteiger partial charge in [-0.3, -0.25) is 4.98 Å². The van der Waals surface area contributed by atoms with Gasteiger partial charge in [0.1, 0.15) is 0 Å². The van der Waals surface area contributed by atoms with E-state index in [1.54, 1.807) is 0 Å². The molecular weight excluding hydrogens is 397 g/mol. The van der Waals surface area contributed by atoms with Crippen molar-refractivity contribution in [3.05, 3.63) is 29.6 Å². The van der Waals surface area contributed by atoms with Crippen molar-refractivity contribution in [1.82, 2.24) is 19.9 Å². The third-order valence-corrected chi connectivity index (χ3v) is 6.53. The number of sulfonamides is 1. The molecule has 1 aliphatic rings. The number of hydrogen-bond acceptors (Lipinski definition) is 4. The molecule has 28 heavy (non-hydrogen) atoms. The van der Waals surface area contributed by atoms with E-state index in [9.17, 15) is 26.4 Å². The number of hydrogen-bond donors (Lipinski definition) is 2. The Morgan fingerprint density at radius 3 is 2.61 bits per heavy atom. The van der Waals surface area contributed by atoms with Crippen LogP contribution in [0.25, 0.3) is 0 Å². The second kappa shape index (κ2) is 9.55. The summed E-state index contributed by atoms with van der Waals surface area (Å²) in [5.41, 5.74) is -0.531. The van der Waals surface area contributed by atoms with Gasteiger partial charge in [0.25, 0.3) is 0 Å². The summed E-state index contributed by atoms with van der Waals surface area (Å²) in [6.45, 7) is 2.68. The van der Waals surface area contributed by atoms with Gasteiger partial charge in [-0.2, -0.15) is 13.2 Å².